The maximum absolute atomic E-state index is 12.3. The van der Waals surface area contributed by atoms with Crippen LogP contribution < -0.4 is 0 Å². The highest BCUT2D eigenvalue weighted by Gasteiger charge is 2.21. The fourth-order valence-electron chi connectivity index (χ4n) is 2.06. The summed E-state index contributed by atoms with van der Waals surface area (Å²) in [6.45, 7) is 4.45. The monoisotopic (exact) mass is 297 g/mol. The third-order valence-corrected chi connectivity index (χ3v) is 3.81. The lowest BCUT2D eigenvalue weighted by molar-refractivity contribution is -0.132. The van der Waals surface area contributed by atoms with E-state index in [-0.39, 0.29) is 11.9 Å². The summed E-state index contributed by atoms with van der Waals surface area (Å²) >= 11 is 11.3. The number of carbonyl (C=O) groups is 1. The van der Waals surface area contributed by atoms with Crippen molar-refractivity contribution in [1.29, 1.82) is 0 Å². The predicted octanol–water partition coefficient (Wildman–Crippen LogP) is 3.39. The summed E-state index contributed by atoms with van der Waals surface area (Å²) in [5, 5.41) is 0.624. The van der Waals surface area contributed by atoms with Crippen LogP contribution in [0.25, 0.3) is 11.0 Å². The first-order valence-corrected chi connectivity index (χ1v) is 6.89. The molecule has 1 N–H and O–H groups in total. The molecule has 1 unspecified atom stereocenters. The molecule has 0 saturated carbocycles. The SMILES string of the molecule is CCN(C)C(=O)C(C)n1c(=S)[nH]c2ccc(Cl)cc21. The molecule has 0 aliphatic rings. The van der Waals surface area contributed by atoms with Crippen molar-refractivity contribution in [3.63, 3.8) is 0 Å². The lowest BCUT2D eigenvalue weighted by Crippen LogP contribution is -2.32. The van der Waals surface area contributed by atoms with Crippen LogP contribution in [0.3, 0.4) is 0 Å². The van der Waals surface area contributed by atoms with E-state index in [0.29, 0.717) is 16.3 Å². The van der Waals surface area contributed by atoms with Crippen LogP contribution in [-0.4, -0.2) is 34.0 Å². The highest BCUT2D eigenvalue weighted by molar-refractivity contribution is 7.71. The molecule has 1 aromatic carbocycles. The molecule has 1 aromatic heterocycles. The third kappa shape index (κ3) is 2.53. The Hall–Kier alpha value is -1.33. The quantitative estimate of drug-likeness (QED) is 0.882. The van der Waals surface area contributed by atoms with Crippen molar-refractivity contribution < 1.29 is 4.79 Å². The van der Waals surface area contributed by atoms with E-state index in [2.05, 4.69) is 4.98 Å². The second-order valence-electron chi connectivity index (χ2n) is 4.49. The summed E-state index contributed by atoms with van der Waals surface area (Å²) in [6, 6.07) is 5.12. The number of H-pyrrole nitrogens is 1. The van der Waals surface area contributed by atoms with Crippen LogP contribution in [0.15, 0.2) is 18.2 Å². The Morgan fingerprint density at radius 2 is 2.26 bits per heavy atom. The van der Waals surface area contributed by atoms with Gasteiger partial charge in [0.05, 0.1) is 11.0 Å². The van der Waals surface area contributed by atoms with Gasteiger partial charge in [-0.05, 0) is 44.3 Å². The topological polar surface area (TPSA) is 41.0 Å². The first-order valence-electron chi connectivity index (χ1n) is 6.10. The average molecular weight is 298 g/mol. The van der Waals surface area contributed by atoms with E-state index < -0.39 is 0 Å². The zero-order valence-electron chi connectivity index (χ0n) is 11.1. The summed E-state index contributed by atoms with van der Waals surface area (Å²) < 4.78 is 2.34. The lowest BCUT2D eigenvalue weighted by atomic mass is 10.2. The lowest BCUT2D eigenvalue weighted by Gasteiger charge is -2.21. The van der Waals surface area contributed by atoms with Gasteiger partial charge in [0, 0.05) is 18.6 Å². The van der Waals surface area contributed by atoms with Gasteiger partial charge in [0.1, 0.15) is 6.04 Å². The number of halogens is 1. The number of aromatic amines is 1. The molecule has 19 heavy (non-hydrogen) atoms. The molecule has 4 nitrogen and oxygen atoms in total. The molecule has 0 fully saturated rings. The maximum atomic E-state index is 12.3. The number of aromatic nitrogens is 2. The largest absolute Gasteiger partial charge is 0.344 e. The highest BCUT2D eigenvalue weighted by atomic mass is 35.5. The predicted molar refractivity (Wildman–Crippen MR) is 80.2 cm³/mol. The number of rotatable bonds is 3. The second-order valence-corrected chi connectivity index (χ2v) is 5.31. The Morgan fingerprint density at radius 3 is 2.89 bits per heavy atom. The van der Waals surface area contributed by atoms with E-state index in [1.807, 2.05) is 30.5 Å². The number of hydrogen-bond donors (Lipinski definition) is 1. The van der Waals surface area contributed by atoms with Crippen LogP contribution in [0, 0.1) is 4.77 Å². The summed E-state index contributed by atoms with van der Waals surface area (Å²) in [5.41, 5.74) is 1.73. The second kappa shape index (κ2) is 5.35. The zero-order valence-corrected chi connectivity index (χ0v) is 12.7. The number of benzene rings is 1. The number of fused-ring (bicyclic) bond motifs is 1. The summed E-state index contributed by atoms with van der Waals surface area (Å²) in [5.74, 6) is 0.0273. The fraction of sp³-hybridized carbons (Fsp3) is 0.385. The van der Waals surface area contributed by atoms with Crippen molar-refractivity contribution >= 4 is 40.8 Å². The summed E-state index contributed by atoms with van der Waals surface area (Å²) in [4.78, 5) is 17.0. The number of nitrogens with one attached hydrogen (secondary N) is 1. The minimum Gasteiger partial charge on any atom is -0.344 e. The van der Waals surface area contributed by atoms with E-state index in [1.165, 1.54) is 0 Å². The molecule has 1 atom stereocenters. The van der Waals surface area contributed by atoms with Crippen molar-refractivity contribution in [2.75, 3.05) is 13.6 Å². The average Bonchev–Trinajstić information content (AvgIpc) is 2.71. The van der Waals surface area contributed by atoms with Gasteiger partial charge in [0.25, 0.3) is 0 Å². The van der Waals surface area contributed by atoms with E-state index in [4.69, 9.17) is 23.8 Å². The van der Waals surface area contributed by atoms with Crippen molar-refractivity contribution in [1.82, 2.24) is 14.5 Å². The Balaban J connectivity index is 2.55. The molecule has 0 radical (unpaired) electrons. The molecule has 0 spiro atoms. The first kappa shape index (κ1) is 14.1. The minimum absolute atomic E-state index is 0.0273. The molecule has 1 amide bonds. The van der Waals surface area contributed by atoms with Gasteiger partial charge in [-0.2, -0.15) is 0 Å². The molecule has 6 heteroatoms. The Kier molecular flexibility index (Phi) is 3.96. The molecule has 0 aliphatic carbocycles. The van der Waals surface area contributed by atoms with Crippen LogP contribution in [-0.2, 0) is 4.79 Å². The van der Waals surface area contributed by atoms with Gasteiger partial charge in [-0.15, -0.1) is 0 Å². The minimum atomic E-state index is -0.357. The fourth-order valence-corrected chi connectivity index (χ4v) is 2.60. The van der Waals surface area contributed by atoms with Crippen LogP contribution >= 0.6 is 23.8 Å². The number of amides is 1. The van der Waals surface area contributed by atoms with Crippen LogP contribution in [0.1, 0.15) is 19.9 Å². The van der Waals surface area contributed by atoms with E-state index in [9.17, 15) is 4.79 Å². The van der Waals surface area contributed by atoms with Gasteiger partial charge in [-0.3, -0.25) is 4.79 Å². The van der Waals surface area contributed by atoms with Gasteiger partial charge in [0.15, 0.2) is 4.77 Å². The van der Waals surface area contributed by atoms with Crippen LogP contribution in [0.2, 0.25) is 5.02 Å². The molecule has 0 bridgehead atoms. The normalized spacial score (nSPS) is 12.6. The molecular formula is C13H16ClN3OS. The molecule has 2 rings (SSSR count). The van der Waals surface area contributed by atoms with Crippen LogP contribution in [0.5, 0.6) is 0 Å². The van der Waals surface area contributed by atoms with Gasteiger partial charge in [0.2, 0.25) is 5.91 Å². The third-order valence-electron chi connectivity index (χ3n) is 3.27. The standard InChI is InChI=1S/C13H16ClN3OS/c1-4-16(3)12(18)8(2)17-11-7-9(14)5-6-10(11)15-13(17)19/h5-8H,4H2,1-3H3,(H,15,19). The molecule has 0 aliphatic heterocycles. The molecule has 1 heterocycles. The number of imidazole rings is 1. The smallest absolute Gasteiger partial charge is 0.245 e. The molecule has 0 saturated heterocycles. The van der Waals surface area contributed by atoms with Gasteiger partial charge in [-0.1, -0.05) is 11.6 Å². The van der Waals surface area contributed by atoms with E-state index in [1.54, 1.807) is 18.0 Å². The summed E-state index contributed by atoms with van der Waals surface area (Å²) in [7, 11) is 1.78. The van der Waals surface area contributed by atoms with Gasteiger partial charge in [-0.25, -0.2) is 0 Å². The Bertz CT molecular complexity index is 676. The Morgan fingerprint density at radius 1 is 1.58 bits per heavy atom. The van der Waals surface area contributed by atoms with Crippen molar-refractivity contribution in [3.05, 3.63) is 28.0 Å². The number of hydrogen-bond acceptors (Lipinski definition) is 2. The molecular weight excluding hydrogens is 282 g/mol. The highest BCUT2D eigenvalue weighted by Crippen LogP contribution is 2.23. The molecule has 2 aromatic rings. The van der Waals surface area contributed by atoms with E-state index >= 15 is 0 Å². The molecule has 102 valence electrons. The van der Waals surface area contributed by atoms with Crippen LogP contribution in [0.4, 0.5) is 0 Å². The van der Waals surface area contributed by atoms with Crippen molar-refractivity contribution in [2.24, 2.45) is 0 Å². The Labute approximate surface area is 122 Å². The summed E-state index contributed by atoms with van der Waals surface area (Å²) in [6.07, 6.45) is 0. The first-order chi connectivity index (χ1) is 8.95. The number of nitrogens with zero attached hydrogens (tertiary/aromatic N) is 2. The number of likely N-dealkylation sites (N-methyl/N-ethyl adjacent to an activating group) is 1. The zero-order chi connectivity index (χ0) is 14.2. The van der Waals surface area contributed by atoms with Crippen molar-refractivity contribution in [2.45, 2.75) is 19.9 Å². The van der Waals surface area contributed by atoms with Crippen molar-refractivity contribution in [3.8, 4) is 0 Å². The van der Waals surface area contributed by atoms with Gasteiger partial charge >= 0.3 is 0 Å². The van der Waals surface area contributed by atoms with Gasteiger partial charge < -0.3 is 14.5 Å². The number of carbonyl (C=O) groups excluding carboxylic acids is 1. The maximum Gasteiger partial charge on any atom is 0.245 e. The van der Waals surface area contributed by atoms with E-state index in [0.717, 1.165) is 11.0 Å².